The first-order valence-corrected chi connectivity index (χ1v) is 10.7. The van der Waals surface area contributed by atoms with Crippen molar-refractivity contribution >= 4 is 26.8 Å². The van der Waals surface area contributed by atoms with Gasteiger partial charge in [-0.3, -0.25) is 4.79 Å². The number of para-hydroxylation sites is 1. The molecule has 7 heteroatoms. The third-order valence-corrected chi connectivity index (χ3v) is 5.87. The van der Waals surface area contributed by atoms with Gasteiger partial charge in [0.1, 0.15) is 11.9 Å². The van der Waals surface area contributed by atoms with Gasteiger partial charge in [-0.1, -0.05) is 55.8 Å². The van der Waals surface area contributed by atoms with E-state index in [-0.39, 0.29) is 22.9 Å². The van der Waals surface area contributed by atoms with Gasteiger partial charge in [0, 0.05) is 13.0 Å². The molecule has 0 bridgehead atoms. The lowest BCUT2D eigenvalue weighted by Gasteiger charge is -2.32. The van der Waals surface area contributed by atoms with Gasteiger partial charge in [0.05, 0.1) is 16.6 Å². The Hall–Kier alpha value is -2.67. The molecule has 1 aliphatic rings. The third-order valence-electron chi connectivity index (χ3n) is 5.05. The van der Waals surface area contributed by atoms with Crippen molar-refractivity contribution in [1.29, 1.82) is 0 Å². The quantitative estimate of drug-likeness (QED) is 0.760. The average Bonchev–Trinajstić information content (AvgIpc) is 3.07. The summed E-state index contributed by atoms with van der Waals surface area (Å²) in [7, 11) is -2.56. The zero-order valence-corrected chi connectivity index (χ0v) is 17.5. The fourth-order valence-corrected chi connectivity index (χ4v) is 4.30. The van der Waals surface area contributed by atoms with Crippen LogP contribution in [0, 0.1) is 18.7 Å². The van der Waals surface area contributed by atoms with Crippen LogP contribution in [0.3, 0.4) is 0 Å². The summed E-state index contributed by atoms with van der Waals surface area (Å²) in [4.78, 5) is 14.7. The van der Waals surface area contributed by atoms with Crippen molar-refractivity contribution in [1.82, 2.24) is 5.32 Å². The Morgan fingerprint density at radius 2 is 1.83 bits per heavy atom. The van der Waals surface area contributed by atoms with Crippen LogP contribution in [0.1, 0.15) is 37.4 Å². The number of amides is 1. The normalized spacial score (nSPS) is 18.9. The van der Waals surface area contributed by atoms with Gasteiger partial charge in [0.2, 0.25) is 16.2 Å². The fourth-order valence-electron chi connectivity index (χ4n) is 3.60. The van der Waals surface area contributed by atoms with Crippen LogP contribution in [0.25, 0.3) is 0 Å². The minimum Gasteiger partial charge on any atom is -0.354 e. The molecule has 2 unspecified atom stereocenters. The Morgan fingerprint density at radius 3 is 2.41 bits per heavy atom. The van der Waals surface area contributed by atoms with Crippen molar-refractivity contribution in [3.05, 3.63) is 65.5 Å². The Kier molecular flexibility index (Phi) is 6.37. The molecule has 5 nitrogen and oxygen atoms in total. The Balaban J connectivity index is 2.14. The lowest BCUT2D eigenvalue weighted by molar-refractivity contribution is -0.121. The fraction of sp³-hybridized carbons (Fsp3) is 0.364. The van der Waals surface area contributed by atoms with Crippen LogP contribution in [0.2, 0.25) is 0 Å². The first-order valence-electron chi connectivity index (χ1n) is 9.61. The van der Waals surface area contributed by atoms with Gasteiger partial charge in [-0.2, -0.15) is 8.42 Å². The minimum atomic E-state index is -2.56. The van der Waals surface area contributed by atoms with E-state index in [1.54, 1.807) is 23.1 Å². The molecule has 2 aromatic carbocycles. The van der Waals surface area contributed by atoms with Crippen LogP contribution in [0.15, 0.2) is 48.5 Å². The highest BCUT2D eigenvalue weighted by molar-refractivity contribution is 7.73. The minimum absolute atomic E-state index is 0.0695. The second-order valence-corrected chi connectivity index (χ2v) is 8.73. The van der Waals surface area contributed by atoms with E-state index >= 15 is 0 Å². The monoisotopic (exact) mass is 416 g/mol. The van der Waals surface area contributed by atoms with E-state index in [1.807, 2.05) is 45.0 Å². The second kappa shape index (κ2) is 8.78. The molecule has 2 atom stereocenters. The predicted octanol–water partition coefficient (Wildman–Crippen LogP) is 3.28. The maximum Gasteiger partial charge on any atom is 0.248 e. The van der Waals surface area contributed by atoms with Crippen LogP contribution in [-0.2, 0) is 15.1 Å². The zero-order valence-electron chi connectivity index (χ0n) is 16.7. The van der Waals surface area contributed by atoms with E-state index in [0.29, 0.717) is 6.54 Å². The number of carbonyl (C=O) groups excluding carboxylic acids is 1. The van der Waals surface area contributed by atoms with E-state index in [0.717, 1.165) is 11.1 Å². The van der Waals surface area contributed by atoms with Crippen LogP contribution in [0.5, 0.6) is 0 Å². The highest BCUT2D eigenvalue weighted by Crippen LogP contribution is 2.39. The SMILES string of the molecule is Cc1ccc(C2CC(=S(=O)=O)C(C(=O)NCC(C)C)N2c2ccccc2F)cc1. The number of nitrogens with zero attached hydrogens (tertiary/aromatic N) is 1. The summed E-state index contributed by atoms with van der Waals surface area (Å²) in [6, 6.07) is 12.2. The molecule has 1 aliphatic heterocycles. The molecule has 1 amide bonds. The molecule has 0 aromatic heterocycles. The largest absolute Gasteiger partial charge is 0.354 e. The summed E-state index contributed by atoms with van der Waals surface area (Å²) in [6.07, 6.45) is 0.132. The topological polar surface area (TPSA) is 66.5 Å². The van der Waals surface area contributed by atoms with Gasteiger partial charge in [0.15, 0.2) is 0 Å². The van der Waals surface area contributed by atoms with E-state index in [2.05, 4.69) is 5.32 Å². The number of carbonyl (C=O) groups is 1. The number of rotatable bonds is 5. The predicted molar refractivity (Wildman–Crippen MR) is 113 cm³/mol. The summed E-state index contributed by atoms with van der Waals surface area (Å²) < 4.78 is 38.8. The van der Waals surface area contributed by atoms with Crippen molar-refractivity contribution in [3.63, 3.8) is 0 Å². The van der Waals surface area contributed by atoms with Crippen LogP contribution >= 0.6 is 0 Å². The van der Waals surface area contributed by atoms with Crippen molar-refractivity contribution < 1.29 is 17.6 Å². The molecule has 3 rings (SSSR count). The molecule has 29 heavy (non-hydrogen) atoms. The lowest BCUT2D eigenvalue weighted by Crippen LogP contribution is -2.48. The highest BCUT2D eigenvalue weighted by Gasteiger charge is 2.45. The van der Waals surface area contributed by atoms with Crippen molar-refractivity contribution in [2.75, 3.05) is 11.4 Å². The molecule has 154 valence electrons. The standard InChI is InChI=1S/C22H25FN2O3S/c1-14(2)13-24-22(26)21-20(29(27)28)12-19(16-10-8-15(3)9-11-16)25(21)18-7-5-4-6-17(18)23/h4-11,14,19,21H,12-13H2,1-3H3,(H,24,26). The summed E-state index contributed by atoms with van der Waals surface area (Å²) in [6.45, 7) is 6.28. The van der Waals surface area contributed by atoms with Gasteiger partial charge in [0.25, 0.3) is 0 Å². The number of hydrogen-bond donors (Lipinski definition) is 1. The first-order chi connectivity index (χ1) is 13.8. The molecule has 0 spiro atoms. The average molecular weight is 417 g/mol. The Labute approximate surface area is 172 Å². The third kappa shape index (κ3) is 4.50. The maximum atomic E-state index is 14.7. The van der Waals surface area contributed by atoms with Gasteiger partial charge in [-0.15, -0.1) is 0 Å². The molecule has 1 saturated heterocycles. The Morgan fingerprint density at radius 1 is 1.17 bits per heavy atom. The van der Waals surface area contributed by atoms with Gasteiger partial charge in [-0.05, 0) is 30.5 Å². The molecule has 1 fully saturated rings. The van der Waals surface area contributed by atoms with E-state index < -0.39 is 34.1 Å². The lowest BCUT2D eigenvalue weighted by atomic mass is 10.0. The summed E-state index contributed by atoms with van der Waals surface area (Å²) >= 11 is 0. The highest BCUT2D eigenvalue weighted by atomic mass is 32.2. The van der Waals surface area contributed by atoms with E-state index in [1.165, 1.54) is 6.07 Å². The molecule has 0 aliphatic carbocycles. The second-order valence-electron chi connectivity index (χ2n) is 7.73. The van der Waals surface area contributed by atoms with Crippen LogP contribution < -0.4 is 10.2 Å². The maximum absolute atomic E-state index is 14.7. The molecule has 1 heterocycles. The smallest absolute Gasteiger partial charge is 0.248 e. The number of hydrogen-bond acceptors (Lipinski definition) is 4. The summed E-state index contributed by atoms with van der Waals surface area (Å²) in [5.41, 5.74) is 2.11. The van der Waals surface area contributed by atoms with Crippen molar-refractivity contribution in [2.45, 2.75) is 39.3 Å². The van der Waals surface area contributed by atoms with Crippen LogP contribution in [0.4, 0.5) is 10.1 Å². The molecular weight excluding hydrogens is 391 g/mol. The number of anilines is 1. The number of aryl methyl sites for hydroxylation is 1. The first kappa shape index (κ1) is 21.0. The molecule has 0 saturated carbocycles. The van der Waals surface area contributed by atoms with Gasteiger partial charge < -0.3 is 10.2 Å². The summed E-state index contributed by atoms with van der Waals surface area (Å²) in [5, 5.41) is 2.81. The van der Waals surface area contributed by atoms with Crippen molar-refractivity contribution in [2.24, 2.45) is 5.92 Å². The number of nitrogens with one attached hydrogen (secondary N) is 1. The van der Waals surface area contributed by atoms with Crippen molar-refractivity contribution in [3.8, 4) is 0 Å². The number of benzene rings is 2. The molecule has 2 aromatic rings. The van der Waals surface area contributed by atoms with Gasteiger partial charge in [-0.25, -0.2) is 4.39 Å². The van der Waals surface area contributed by atoms with E-state index in [9.17, 15) is 17.6 Å². The van der Waals surface area contributed by atoms with E-state index in [4.69, 9.17) is 0 Å². The molecule has 0 radical (unpaired) electrons. The zero-order chi connectivity index (χ0) is 21.1. The molecule has 1 N–H and O–H groups in total. The molecular formula is C22H25FN2O3S. The van der Waals surface area contributed by atoms with Crippen LogP contribution in [-0.4, -0.2) is 31.8 Å². The Bertz CT molecular complexity index is 1020. The summed E-state index contributed by atoms with van der Waals surface area (Å²) in [5.74, 6) is -0.726. The number of halogens is 1. The van der Waals surface area contributed by atoms with Gasteiger partial charge >= 0.3 is 0 Å².